The van der Waals surface area contributed by atoms with Gasteiger partial charge in [-0.05, 0) is 71.6 Å². The van der Waals surface area contributed by atoms with E-state index < -0.39 is 0 Å². The van der Waals surface area contributed by atoms with E-state index >= 15 is 0 Å². The van der Waals surface area contributed by atoms with Crippen molar-refractivity contribution in [3.8, 4) is 11.4 Å². The van der Waals surface area contributed by atoms with Crippen LogP contribution in [-0.2, 0) is 0 Å². The summed E-state index contributed by atoms with van der Waals surface area (Å²) in [6, 6.07) is 25.7. The monoisotopic (exact) mass is 572 g/mol. The molecule has 0 spiro atoms. The summed E-state index contributed by atoms with van der Waals surface area (Å²) < 4.78 is 0. The van der Waals surface area contributed by atoms with Crippen molar-refractivity contribution in [1.29, 1.82) is 0 Å². The van der Waals surface area contributed by atoms with Crippen molar-refractivity contribution in [2.24, 2.45) is 17.8 Å². The molecule has 8 rings (SSSR count). The van der Waals surface area contributed by atoms with Crippen LogP contribution in [0.25, 0.3) is 38.6 Å². The second-order valence-corrected chi connectivity index (χ2v) is 12.7. The van der Waals surface area contributed by atoms with Gasteiger partial charge in [-0.1, -0.05) is 110 Å². The van der Waals surface area contributed by atoms with Crippen LogP contribution in [0, 0.1) is 17.8 Å². The number of para-hydroxylation sites is 1. The summed E-state index contributed by atoms with van der Waals surface area (Å²) >= 11 is 0. The average Bonchev–Trinajstić information content (AvgIpc) is 3.30. The Labute approximate surface area is 259 Å². The van der Waals surface area contributed by atoms with Crippen molar-refractivity contribution in [3.05, 3.63) is 139 Å². The number of hydrogen-bond acceptors (Lipinski definition) is 4. The lowest BCUT2D eigenvalue weighted by molar-refractivity contribution is 0.430. The van der Waals surface area contributed by atoms with Gasteiger partial charge in [0.05, 0.1) is 5.52 Å². The molecule has 0 saturated heterocycles. The number of nitrogens with zero attached hydrogens (tertiary/aromatic N) is 4. The molecule has 0 bridgehead atoms. The normalized spacial score (nSPS) is 24.7. The molecule has 0 N–H and O–H groups in total. The Morgan fingerprint density at radius 3 is 2.41 bits per heavy atom. The molecule has 0 amide bonds. The maximum Gasteiger partial charge on any atom is 0.163 e. The number of aromatic nitrogens is 4. The largest absolute Gasteiger partial charge is 0.256 e. The Bertz CT molecular complexity index is 1980. The van der Waals surface area contributed by atoms with Crippen LogP contribution in [0.4, 0.5) is 0 Å². The van der Waals surface area contributed by atoms with Crippen LogP contribution in [0.5, 0.6) is 0 Å². The van der Waals surface area contributed by atoms with Gasteiger partial charge in [-0.15, -0.1) is 0 Å². The van der Waals surface area contributed by atoms with E-state index in [1.807, 2.05) is 12.3 Å². The molecule has 3 aromatic carbocycles. The van der Waals surface area contributed by atoms with Gasteiger partial charge in [0.25, 0.3) is 0 Å². The fraction of sp³-hybridized carbons (Fsp3) is 0.250. The molecular formula is C40H36N4. The zero-order valence-corrected chi connectivity index (χ0v) is 25.1. The molecule has 5 atom stereocenters. The van der Waals surface area contributed by atoms with Gasteiger partial charge in [0.2, 0.25) is 0 Å². The summed E-state index contributed by atoms with van der Waals surface area (Å²) in [5, 5.41) is 3.60. The maximum absolute atomic E-state index is 5.20. The van der Waals surface area contributed by atoms with Crippen molar-refractivity contribution < 1.29 is 0 Å². The van der Waals surface area contributed by atoms with Gasteiger partial charge in [-0.25, -0.2) is 15.0 Å². The summed E-state index contributed by atoms with van der Waals surface area (Å²) in [5.41, 5.74) is 4.62. The SMILES string of the molecule is CC1C=CC2C=C(c3nc(-c4ccc5ccccc5c4)nc(C4C=CC(c5cccc6cccnc56)CC4)n3)CC=CC2C1. The maximum atomic E-state index is 5.20. The van der Waals surface area contributed by atoms with Crippen molar-refractivity contribution in [2.75, 3.05) is 0 Å². The molecular weight excluding hydrogens is 536 g/mol. The first-order chi connectivity index (χ1) is 21.7. The van der Waals surface area contributed by atoms with E-state index in [2.05, 4.69) is 116 Å². The fourth-order valence-corrected chi connectivity index (χ4v) is 7.23. The summed E-state index contributed by atoms with van der Waals surface area (Å²) in [6.45, 7) is 2.31. The highest BCUT2D eigenvalue weighted by Gasteiger charge is 2.27. The first-order valence-electron chi connectivity index (χ1n) is 16.0. The van der Waals surface area contributed by atoms with E-state index in [1.54, 1.807) is 0 Å². The van der Waals surface area contributed by atoms with Crippen LogP contribution in [0.2, 0.25) is 0 Å². The highest BCUT2D eigenvalue weighted by Crippen LogP contribution is 2.39. The first kappa shape index (κ1) is 26.9. The van der Waals surface area contributed by atoms with Crippen LogP contribution in [0.1, 0.15) is 61.7 Å². The highest BCUT2D eigenvalue weighted by atomic mass is 15.0. The topological polar surface area (TPSA) is 51.6 Å². The Morgan fingerprint density at radius 1 is 0.682 bits per heavy atom. The number of rotatable bonds is 4. The fourth-order valence-electron chi connectivity index (χ4n) is 7.23. The molecule has 2 aromatic heterocycles. The van der Waals surface area contributed by atoms with E-state index in [1.165, 1.54) is 33.7 Å². The van der Waals surface area contributed by atoms with E-state index in [4.69, 9.17) is 19.9 Å². The molecule has 0 radical (unpaired) electrons. The molecule has 3 aliphatic rings. The van der Waals surface area contributed by atoms with E-state index in [-0.39, 0.29) is 5.92 Å². The summed E-state index contributed by atoms with van der Waals surface area (Å²) in [7, 11) is 0. The standard InChI is InChI=1S/C40H36N4/c1-26-14-15-33-25-34(11-4-10-31(33)23-26)39-42-38(43-40(44-39)35-21-16-27-7-2-3-8-32(27)24-35)30-19-17-28(18-20-30)36-13-5-9-29-12-6-22-41-37(29)36/h2-10,12-17,19,21-22,24-26,28,30-31,33H,11,18,20,23H2,1H3. The summed E-state index contributed by atoms with van der Waals surface area (Å²) in [5.74, 6) is 4.43. The second kappa shape index (κ2) is 11.4. The smallest absolute Gasteiger partial charge is 0.163 e. The van der Waals surface area contributed by atoms with Crippen LogP contribution in [0.15, 0.2) is 122 Å². The third-order valence-corrected chi connectivity index (χ3v) is 9.62. The molecule has 3 aliphatic carbocycles. The van der Waals surface area contributed by atoms with Crippen LogP contribution in [0.3, 0.4) is 0 Å². The van der Waals surface area contributed by atoms with Gasteiger partial charge in [-0.3, -0.25) is 4.98 Å². The lowest BCUT2D eigenvalue weighted by Gasteiger charge is -2.26. The van der Waals surface area contributed by atoms with Crippen LogP contribution in [-0.4, -0.2) is 19.9 Å². The van der Waals surface area contributed by atoms with Crippen molar-refractivity contribution in [3.63, 3.8) is 0 Å². The number of fused-ring (bicyclic) bond motifs is 3. The van der Waals surface area contributed by atoms with Crippen molar-refractivity contribution in [1.82, 2.24) is 19.9 Å². The van der Waals surface area contributed by atoms with E-state index in [0.717, 1.165) is 47.8 Å². The number of pyridine rings is 1. The second-order valence-electron chi connectivity index (χ2n) is 12.7. The van der Waals surface area contributed by atoms with Crippen molar-refractivity contribution >= 4 is 27.2 Å². The molecule has 0 aliphatic heterocycles. The van der Waals surface area contributed by atoms with Crippen LogP contribution >= 0.6 is 0 Å². The van der Waals surface area contributed by atoms with Crippen LogP contribution < -0.4 is 0 Å². The summed E-state index contributed by atoms with van der Waals surface area (Å²) in [6.07, 6.45) is 22.5. The molecule has 44 heavy (non-hydrogen) atoms. The highest BCUT2D eigenvalue weighted by molar-refractivity contribution is 5.86. The molecule has 216 valence electrons. The van der Waals surface area contributed by atoms with Gasteiger partial charge in [0, 0.05) is 34.9 Å². The predicted molar refractivity (Wildman–Crippen MR) is 180 cm³/mol. The average molecular weight is 573 g/mol. The zero-order chi connectivity index (χ0) is 29.5. The summed E-state index contributed by atoms with van der Waals surface area (Å²) in [4.78, 5) is 20.2. The van der Waals surface area contributed by atoms with E-state index in [9.17, 15) is 0 Å². The minimum atomic E-state index is 0.139. The molecule has 2 heterocycles. The Kier molecular flexibility index (Phi) is 6.98. The quantitative estimate of drug-likeness (QED) is 0.201. The number of benzene rings is 3. The molecule has 4 nitrogen and oxygen atoms in total. The molecule has 0 saturated carbocycles. The molecule has 5 aromatic rings. The van der Waals surface area contributed by atoms with Gasteiger partial charge in [0.15, 0.2) is 11.6 Å². The minimum absolute atomic E-state index is 0.139. The van der Waals surface area contributed by atoms with Gasteiger partial charge >= 0.3 is 0 Å². The van der Waals surface area contributed by atoms with Gasteiger partial charge in [0.1, 0.15) is 5.82 Å². The third-order valence-electron chi connectivity index (χ3n) is 9.62. The van der Waals surface area contributed by atoms with Gasteiger partial charge < -0.3 is 0 Å². The molecule has 4 heteroatoms. The Hall–Kier alpha value is -4.70. The van der Waals surface area contributed by atoms with Gasteiger partial charge in [-0.2, -0.15) is 0 Å². The Balaban J connectivity index is 1.19. The zero-order valence-electron chi connectivity index (χ0n) is 25.1. The predicted octanol–water partition coefficient (Wildman–Crippen LogP) is 9.63. The third kappa shape index (κ3) is 5.19. The van der Waals surface area contributed by atoms with Crippen molar-refractivity contribution in [2.45, 2.75) is 44.4 Å². The first-order valence-corrected chi connectivity index (χ1v) is 16.0. The van der Waals surface area contributed by atoms with E-state index in [0.29, 0.717) is 23.7 Å². The Morgan fingerprint density at radius 2 is 1.50 bits per heavy atom. The minimum Gasteiger partial charge on any atom is -0.256 e. The number of allylic oxidation sites excluding steroid dienone is 8. The molecule has 5 unspecified atom stereocenters. The lowest BCUT2D eigenvalue weighted by atomic mass is 9.79. The number of hydrogen-bond donors (Lipinski definition) is 0. The molecule has 0 fully saturated rings. The lowest BCUT2D eigenvalue weighted by Crippen LogP contribution is -2.16.